The van der Waals surface area contributed by atoms with Crippen LogP contribution in [0.25, 0.3) is 0 Å². The Morgan fingerprint density at radius 2 is 1.73 bits per heavy atom. The van der Waals surface area contributed by atoms with Crippen LogP contribution in [0.1, 0.15) is 36.5 Å². The molecule has 30 heavy (non-hydrogen) atoms. The van der Waals surface area contributed by atoms with Gasteiger partial charge in [0, 0.05) is 51.4 Å². The van der Waals surface area contributed by atoms with E-state index in [0.29, 0.717) is 45.8 Å². The summed E-state index contributed by atoms with van der Waals surface area (Å²) >= 11 is 0. The number of nitrogens with zero attached hydrogens (tertiary/aromatic N) is 3. The van der Waals surface area contributed by atoms with Crippen molar-refractivity contribution in [1.82, 2.24) is 19.4 Å². The zero-order valence-corrected chi connectivity index (χ0v) is 18.1. The standard InChI is InChI=1S/C20H29FN4O4S/c1-2-7-22-19(26)15-23-10-12-24(13-11-23)20(27)16-5-6-17(21)18(14-16)30(28,29)25-8-3-4-9-25/h5-6,14H,2-4,7-13,15H2,1H3,(H,22,26). The van der Waals surface area contributed by atoms with Gasteiger partial charge in [0.1, 0.15) is 10.7 Å². The summed E-state index contributed by atoms with van der Waals surface area (Å²) in [5.41, 5.74) is 0.156. The normalized spacial score (nSPS) is 18.5. The Morgan fingerprint density at radius 3 is 2.37 bits per heavy atom. The molecule has 2 fully saturated rings. The van der Waals surface area contributed by atoms with Gasteiger partial charge in [-0.25, -0.2) is 12.8 Å². The summed E-state index contributed by atoms with van der Waals surface area (Å²) in [6.07, 6.45) is 2.38. The van der Waals surface area contributed by atoms with Gasteiger partial charge >= 0.3 is 0 Å². The Labute approximate surface area is 177 Å². The summed E-state index contributed by atoms with van der Waals surface area (Å²) in [5.74, 6) is -1.21. The molecule has 0 aliphatic carbocycles. The molecule has 2 aliphatic rings. The number of rotatable bonds is 7. The molecule has 1 aromatic carbocycles. The van der Waals surface area contributed by atoms with Crippen molar-refractivity contribution in [1.29, 1.82) is 0 Å². The predicted octanol–water partition coefficient (Wildman–Crippen LogP) is 0.894. The average Bonchev–Trinajstić information content (AvgIpc) is 3.28. The van der Waals surface area contributed by atoms with Crippen LogP contribution in [0.15, 0.2) is 23.1 Å². The van der Waals surface area contributed by atoms with Gasteiger partial charge < -0.3 is 10.2 Å². The van der Waals surface area contributed by atoms with Gasteiger partial charge in [-0.1, -0.05) is 6.92 Å². The Morgan fingerprint density at radius 1 is 1.07 bits per heavy atom. The molecule has 3 rings (SSSR count). The first-order valence-corrected chi connectivity index (χ1v) is 11.8. The molecule has 2 amide bonds. The first-order valence-electron chi connectivity index (χ1n) is 10.4. The SMILES string of the molecule is CCCNC(=O)CN1CCN(C(=O)c2ccc(F)c(S(=O)(=O)N3CCCC3)c2)CC1. The number of benzene rings is 1. The molecule has 0 unspecified atom stereocenters. The highest BCUT2D eigenvalue weighted by Crippen LogP contribution is 2.25. The summed E-state index contributed by atoms with van der Waals surface area (Å²) in [7, 11) is -3.95. The van der Waals surface area contributed by atoms with Gasteiger partial charge in [-0.15, -0.1) is 0 Å². The first-order chi connectivity index (χ1) is 14.3. The van der Waals surface area contributed by atoms with Crippen LogP contribution in [-0.4, -0.2) is 86.7 Å². The summed E-state index contributed by atoms with van der Waals surface area (Å²) in [5, 5.41) is 2.83. The molecule has 2 aliphatic heterocycles. The molecule has 1 N–H and O–H groups in total. The van der Waals surface area contributed by atoms with Gasteiger partial charge in [0.15, 0.2) is 0 Å². The number of carbonyl (C=O) groups excluding carboxylic acids is 2. The summed E-state index contributed by atoms with van der Waals surface area (Å²) < 4.78 is 41.1. The number of amides is 2. The smallest absolute Gasteiger partial charge is 0.253 e. The van der Waals surface area contributed by atoms with E-state index < -0.39 is 20.7 Å². The maximum atomic E-state index is 14.3. The topological polar surface area (TPSA) is 90.0 Å². The minimum Gasteiger partial charge on any atom is -0.355 e. The fourth-order valence-corrected chi connectivity index (χ4v) is 5.32. The second-order valence-electron chi connectivity index (χ2n) is 7.67. The van der Waals surface area contributed by atoms with E-state index in [1.165, 1.54) is 10.4 Å². The maximum absolute atomic E-state index is 14.3. The molecule has 0 bridgehead atoms. The van der Waals surface area contributed by atoms with E-state index in [-0.39, 0.29) is 23.9 Å². The quantitative estimate of drug-likeness (QED) is 0.680. The highest BCUT2D eigenvalue weighted by atomic mass is 32.2. The lowest BCUT2D eigenvalue weighted by atomic mass is 10.1. The van der Waals surface area contributed by atoms with Crippen LogP contribution < -0.4 is 5.32 Å². The average molecular weight is 441 g/mol. The fourth-order valence-electron chi connectivity index (χ4n) is 3.72. The Hall–Kier alpha value is -2.04. The summed E-state index contributed by atoms with van der Waals surface area (Å²) in [4.78, 5) is 27.9. The fraction of sp³-hybridized carbons (Fsp3) is 0.600. The number of carbonyl (C=O) groups is 2. The number of halogens is 1. The lowest BCUT2D eigenvalue weighted by Gasteiger charge is -2.34. The third-order valence-corrected chi connectivity index (χ3v) is 7.37. The minimum atomic E-state index is -3.95. The van der Waals surface area contributed by atoms with E-state index in [9.17, 15) is 22.4 Å². The molecule has 8 nitrogen and oxygen atoms in total. The molecule has 2 saturated heterocycles. The van der Waals surface area contributed by atoms with Crippen LogP contribution in [0.3, 0.4) is 0 Å². The summed E-state index contributed by atoms with van der Waals surface area (Å²) in [6, 6.07) is 3.52. The van der Waals surface area contributed by atoms with Crippen LogP contribution in [0, 0.1) is 5.82 Å². The number of piperazine rings is 1. The van der Waals surface area contributed by atoms with Crippen LogP contribution in [-0.2, 0) is 14.8 Å². The Balaban J connectivity index is 1.64. The first kappa shape index (κ1) is 22.6. The van der Waals surface area contributed by atoms with Crippen LogP contribution in [0.2, 0.25) is 0 Å². The second kappa shape index (κ2) is 9.84. The van der Waals surface area contributed by atoms with Gasteiger partial charge in [-0.3, -0.25) is 14.5 Å². The molecule has 166 valence electrons. The zero-order chi connectivity index (χ0) is 21.7. The van der Waals surface area contributed by atoms with Crippen molar-refractivity contribution in [2.45, 2.75) is 31.1 Å². The highest BCUT2D eigenvalue weighted by Gasteiger charge is 2.31. The molecule has 1 aromatic rings. The molecular weight excluding hydrogens is 411 g/mol. The number of hydrogen-bond acceptors (Lipinski definition) is 5. The van der Waals surface area contributed by atoms with Crippen LogP contribution in [0.5, 0.6) is 0 Å². The lowest BCUT2D eigenvalue weighted by molar-refractivity contribution is -0.122. The van der Waals surface area contributed by atoms with Crippen LogP contribution in [0.4, 0.5) is 4.39 Å². The molecule has 2 heterocycles. The van der Waals surface area contributed by atoms with Crippen LogP contribution >= 0.6 is 0 Å². The molecule has 0 atom stereocenters. The van der Waals surface area contributed by atoms with Gasteiger partial charge in [0.25, 0.3) is 5.91 Å². The van der Waals surface area contributed by atoms with Crippen molar-refractivity contribution < 1.29 is 22.4 Å². The maximum Gasteiger partial charge on any atom is 0.253 e. The third-order valence-electron chi connectivity index (χ3n) is 5.46. The van der Waals surface area contributed by atoms with Crippen molar-refractivity contribution in [3.63, 3.8) is 0 Å². The molecule has 0 radical (unpaired) electrons. The number of nitrogens with one attached hydrogen (secondary N) is 1. The number of hydrogen-bond donors (Lipinski definition) is 1. The largest absolute Gasteiger partial charge is 0.355 e. The minimum absolute atomic E-state index is 0.0353. The Bertz CT molecular complexity index is 879. The van der Waals surface area contributed by atoms with Gasteiger partial charge in [-0.2, -0.15) is 4.31 Å². The Kier molecular flexibility index (Phi) is 7.43. The van der Waals surface area contributed by atoms with Gasteiger partial charge in [-0.05, 0) is 37.5 Å². The van der Waals surface area contributed by atoms with Crippen molar-refractivity contribution >= 4 is 21.8 Å². The molecular formula is C20H29FN4O4S. The monoisotopic (exact) mass is 440 g/mol. The third kappa shape index (κ3) is 5.16. The van der Waals surface area contributed by atoms with Gasteiger partial charge in [0.2, 0.25) is 15.9 Å². The van der Waals surface area contributed by atoms with Crippen molar-refractivity contribution in [2.24, 2.45) is 0 Å². The van der Waals surface area contributed by atoms with E-state index in [2.05, 4.69) is 5.32 Å². The molecule has 10 heteroatoms. The molecule has 0 spiro atoms. The van der Waals surface area contributed by atoms with E-state index >= 15 is 0 Å². The van der Waals surface area contributed by atoms with Crippen molar-refractivity contribution in [3.8, 4) is 0 Å². The van der Waals surface area contributed by atoms with E-state index in [1.807, 2.05) is 11.8 Å². The summed E-state index contributed by atoms with van der Waals surface area (Å²) in [6.45, 7) is 5.60. The predicted molar refractivity (Wildman–Crippen MR) is 110 cm³/mol. The highest BCUT2D eigenvalue weighted by molar-refractivity contribution is 7.89. The van der Waals surface area contributed by atoms with Crippen molar-refractivity contribution in [2.75, 3.05) is 52.4 Å². The molecule has 0 saturated carbocycles. The van der Waals surface area contributed by atoms with Gasteiger partial charge in [0.05, 0.1) is 6.54 Å². The van der Waals surface area contributed by atoms with Crippen molar-refractivity contribution in [3.05, 3.63) is 29.6 Å². The second-order valence-corrected chi connectivity index (χ2v) is 9.58. The lowest BCUT2D eigenvalue weighted by Crippen LogP contribution is -2.51. The zero-order valence-electron chi connectivity index (χ0n) is 17.3. The number of sulfonamides is 1. The van der Waals surface area contributed by atoms with E-state index in [4.69, 9.17) is 0 Å². The van der Waals surface area contributed by atoms with E-state index in [0.717, 1.165) is 31.4 Å². The van der Waals surface area contributed by atoms with E-state index in [1.54, 1.807) is 4.90 Å². The molecule has 0 aromatic heterocycles.